The van der Waals surface area contributed by atoms with E-state index in [1.807, 2.05) is 12.1 Å². The Kier molecular flexibility index (Phi) is 12.8. The van der Waals surface area contributed by atoms with Crippen molar-refractivity contribution in [1.82, 2.24) is 15.5 Å². The summed E-state index contributed by atoms with van der Waals surface area (Å²) in [5.74, 6) is 2.25. The molecule has 1 aromatic rings. The smallest absolute Gasteiger partial charge is 0.191 e. The minimum absolute atomic E-state index is 0.114. The molecular formula is C21H38N4O4. The Morgan fingerprint density at radius 3 is 2.41 bits per heavy atom. The lowest BCUT2D eigenvalue weighted by atomic mass is 10.1. The third-order valence-corrected chi connectivity index (χ3v) is 4.37. The molecule has 1 atom stereocenters. The number of guanidine groups is 1. The Hall–Kier alpha value is -2.03. The zero-order chi connectivity index (χ0) is 21.5. The lowest BCUT2D eigenvalue weighted by molar-refractivity contribution is 0.0698. The molecule has 1 unspecified atom stereocenters. The van der Waals surface area contributed by atoms with Crippen LogP contribution in [0.15, 0.2) is 23.2 Å². The maximum atomic E-state index is 5.49. The summed E-state index contributed by atoms with van der Waals surface area (Å²) in [6.07, 6.45) is 0.904. The summed E-state index contributed by atoms with van der Waals surface area (Å²) in [5.41, 5.74) is 1.12. The molecule has 0 saturated heterocycles. The fraction of sp³-hybridized carbons (Fsp3) is 0.667. The van der Waals surface area contributed by atoms with E-state index >= 15 is 0 Å². The van der Waals surface area contributed by atoms with E-state index < -0.39 is 0 Å². The van der Waals surface area contributed by atoms with Crippen molar-refractivity contribution in [1.29, 1.82) is 0 Å². The number of ether oxygens (including phenoxy) is 4. The molecule has 0 saturated carbocycles. The number of nitrogens with one attached hydrogen (secondary N) is 2. The second-order valence-corrected chi connectivity index (χ2v) is 6.70. The summed E-state index contributed by atoms with van der Waals surface area (Å²) >= 11 is 0. The largest absolute Gasteiger partial charge is 0.493 e. The van der Waals surface area contributed by atoms with Crippen LogP contribution in [0.3, 0.4) is 0 Å². The Morgan fingerprint density at radius 2 is 1.79 bits per heavy atom. The summed E-state index contributed by atoms with van der Waals surface area (Å²) in [7, 11) is 9.06. The van der Waals surface area contributed by atoms with Gasteiger partial charge in [0, 0.05) is 26.8 Å². The number of methoxy groups -OCH3 is 3. The zero-order valence-electron chi connectivity index (χ0n) is 18.8. The van der Waals surface area contributed by atoms with Crippen molar-refractivity contribution in [2.45, 2.75) is 19.4 Å². The van der Waals surface area contributed by atoms with Gasteiger partial charge >= 0.3 is 0 Å². The standard InChI is InChI=1S/C21H38N4O4/c1-7-22-21(23-11-8-12-29-14-13-26-4)24-16-18(25(2)3)17-9-10-19(27-5)20(15-17)28-6/h9-10,15,18H,7-8,11-14,16H2,1-6H3,(H2,22,23,24). The van der Waals surface area contributed by atoms with Crippen LogP contribution in [0, 0.1) is 0 Å². The molecule has 0 aliphatic heterocycles. The number of nitrogens with zero attached hydrogens (tertiary/aromatic N) is 2. The highest BCUT2D eigenvalue weighted by Gasteiger charge is 2.16. The van der Waals surface area contributed by atoms with Crippen LogP contribution >= 0.6 is 0 Å². The van der Waals surface area contributed by atoms with Gasteiger partial charge in [-0.2, -0.15) is 0 Å². The molecule has 8 nitrogen and oxygen atoms in total. The van der Waals surface area contributed by atoms with Crippen molar-refractivity contribution < 1.29 is 18.9 Å². The Morgan fingerprint density at radius 1 is 1.03 bits per heavy atom. The van der Waals surface area contributed by atoms with Crippen LogP contribution in [0.5, 0.6) is 11.5 Å². The van der Waals surface area contributed by atoms with Gasteiger partial charge in [0.15, 0.2) is 17.5 Å². The molecule has 0 aliphatic carbocycles. The summed E-state index contributed by atoms with van der Waals surface area (Å²) in [6, 6.07) is 6.11. The summed E-state index contributed by atoms with van der Waals surface area (Å²) in [5, 5.41) is 6.66. The molecule has 166 valence electrons. The number of rotatable bonds is 14. The first-order valence-corrected chi connectivity index (χ1v) is 10.0. The predicted octanol–water partition coefficient (Wildman–Crippen LogP) is 1.91. The van der Waals surface area contributed by atoms with Crippen LogP contribution in [0.1, 0.15) is 24.9 Å². The van der Waals surface area contributed by atoms with E-state index in [-0.39, 0.29) is 6.04 Å². The van der Waals surface area contributed by atoms with E-state index in [4.69, 9.17) is 23.9 Å². The van der Waals surface area contributed by atoms with E-state index in [9.17, 15) is 0 Å². The van der Waals surface area contributed by atoms with E-state index in [0.29, 0.717) is 26.4 Å². The second-order valence-electron chi connectivity index (χ2n) is 6.70. The summed E-state index contributed by atoms with van der Waals surface area (Å²) < 4.78 is 21.2. The van der Waals surface area contributed by atoms with Gasteiger partial charge in [0.05, 0.1) is 40.0 Å². The van der Waals surface area contributed by atoms with Crippen LogP contribution < -0.4 is 20.1 Å². The fourth-order valence-electron chi connectivity index (χ4n) is 2.77. The highest BCUT2D eigenvalue weighted by Crippen LogP contribution is 2.31. The quantitative estimate of drug-likeness (QED) is 0.276. The second kappa shape index (κ2) is 14.9. The van der Waals surface area contributed by atoms with Gasteiger partial charge < -0.3 is 34.5 Å². The molecule has 0 aliphatic rings. The molecule has 0 radical (unpaired) electrons. The third-order valence-electron chi connectivity index (χ3n) is 4.37. The van der Waals surface area contributed by atoms with Gasteiger partial charge in [-0.05, 0) is 45.1 Å². The number of likely N-dealkylation sites (N-methyl/N-ethyl adjacent to an activating group) is 1. The van der Waals surface area contributed by atoms with E-state index in [2.05, 4.69) is 42.6 Å². The van der Waals surface area contributed by atoms with Gasteiger partial charge in [0.2, 0.25) is 0 Å². The molecule has 0 fully saturated rings. The van der Waals surface area contributed by atoms with Crippen molar-refractivity contribution in [3.05, 3.63) is 23.8 Å². The molecule has 2 N–H and O–H groups in total. The summed E-state index contributed by atoms with van der Waals surface area (Å²) in [6.45, 7) is 6.22. The highest BCUT2D eigenvalue weighted by atomic mass is 16.5. The van der Waals surface area contributed by atoms with Gasteiger partial charge in [-0.25, -0.2) is 0 Å². The van der Waals surface area contributed by atoms with Gasteiger partial charge in [0.25, 0.3) is 0 Å². The first-order chi connectivity index (χ1) is 14.1. The van der Waals surface area contributed by atoms with Crippen LogP contribution in [0.4, 0.5) is 0 Å². The van der Waals surface area contributed by atoms with Gasteiger partial charge in [-0.15, -0.1) is 0 Å². The molecule has 0 bridgehead atoms. The van der Waals surface area contributed by atoms with Gasteiger partial charge in [-0.1, -0.05) is 6.07 Å². The predicted molar refractivity (Wildman–Crippen MR) is 117 cm³/mol. The Bertz CT molecular complexity index is 596. The van der Waals surface area contributed by atoms with Crippen LogP contribution in [-0.2, 0) is 9.47 Å². The minimum atomic E-state index is 0.114. The lowest BCUT2D eigenvalue weighted by Gasteiger charge is -2.24. The van der Waals surface area contributed by atoms with Crippen molar-refractivity contribution in [3.63, 3.8) is 0 Å². The number of hydrogen-bond acceptors (Lipinski definition) is 6. The molecule has 1 aromatic carbocycles. The fourth-order valence-corrected chi connectivity index (χ4v) is 2.77. The molecule has 0 amide bonds. The Labute approximate surface area is 175 Å². The molecule has 29 heavy (non-hydrogen) atoms. The zero-order valence-corrected chi connectivity index (χ0v) is 18.8. The highest BCUT2D eigenvalue weighted by molar-refractivity contribution is 5.79. The van der Waals surface area contributed by atoms with Crippen molar-refractivity contribution >= 4 is 5.96 Å². The van der Waals surface area contributed by atoms with Crippen molar-refractivity contribution in [2.24, 2.45) is 4.99 Å². The average Bonchev–Trinajstić information content (AvgIpc) is 2.72. The lowest BCUT2D eigenvalue weighted by Crippen LogP contribution is -2.38. The Balaban J connectivity index is 2.70. The molecule has 1 rings (SSSR count). The molecule has 0 spiro atoms. The minimum Gasteiger partial charge on any atom is -0.493 e. The van der Waals surface area contributed by atoms with Crippen LogP contribution in [0.2, 0.25) is 0 Å². The normalized spacial score (nSPS) is 12.7. The molecule has 0 aromatic heterocycles. The van der Waals surface area contributed by atoms with Gasteiger partial charge in [-0.3, -0.25) is 4.99 Å². The number of hydrogen-bond donors (Lipinski definition) is 2. The maximum Gasteiger partial charge on any atom is 0.191 e. The molecule has 8 heteroatoms. The van der Waals surface area contributed by atoms with E-state index in [1.54, 1.807) is 21.3 Å². The van der Waals surface area contributed by atoms with E-state index in [0.717, 1.165) is 42.5 Å². The maximum absolute atomic E-state index is 5.49. The number of benzene rings is 1. The first-order valence-electron chi connectivity index (χ1n) is 10.0. The first kappa shape index (κ1) is 25.0. The monoisotopic (exact) mass is 410 g/mol. The SMILES string of the molecule is CCNC(=NCC(c1ccc(OC)c(OC)c1)N(C)C)NCCCOCCOC. The van der Waals surface area contributed by atoms with Crippen molar-refractivity contribution in [3.8, 4) is 11.5 Å². The topological polar surface area (TPSA) is 76.6 Å². The molecular weight excluding hydrogens is 372 g/mol. The summed E-state index contributed by atoms with van der Waals surface area (Å²) in [4.78, 5) is 6.93. The number of aliphatic imine (C=N–C) groups is 1. The van der Waals surface area contributed by atoms with E-state index in [1.165, 1.54) is 0 Å². The average molecular weight is 411 g/mol. The van der Waals surface area contributed by atoms with Crippen molar-refractivity contribution in [2.75, 3.05) is 74.9 Å². The third kappa shape index (κ3) is 9.34. The van der Waals surface area contributed by atoms with Crippen LogP contribution in [0.25, 0.3) is 0 Å². The van der Waals surface area contributed by atoms with Crippen LogP contribution in [-0.4, -0.2) is 85.7 Å². The molecule has 0 heterocycles. The van der Waals surface area contributed by atoms with Gasteiger partial charge in [0.1, 0.15) is 0 Å².